The highest BCUT2D eigenvalue weighted by Crippen LogP contribution is 2.24. The van der Waals surface area contributed by atoms with E-state index >= 15 is 0 Å². The van der Waals surface area contributed by atoms with Crippen LogP contribution >= 0.6 is 0 Å². The van der Waals surface area contributed by atoms with Crippen LogP contribution in [-0.4, -0.2) is 45.2 Å². The number of hydrogen-bond donors (Lipinski definition) is 2. The van der Waals surface area contributed by atoms with Crippen molar-refractivity contribution < 1.29 is 19.8 Å². The summed E-state index contributed by atoms with van der Waals surface area (Å²) in [6.07, 6.45) is 1.07. The lowest BCUT2D eigenvalue weighted by molar-refractivity contribution is -0.142. The first kappa shape index (κ1) is 17.5. The second-order valence-corrected chi connectivity index (χ2v) is 6.09. The molecule has 3 rings (SSSR count). The molecular formula is C15H17N5O6. The fourth-order valence-electron chi connectivity index (χ4n) is 3.11. The third-order valence-electron chi connectivity index (χ3n) is 4.41. The minimum Gasteiger partial charge on any atom is -0.481 e. The number of fused-ring (bicyclic) bond motifs is 3. The Hall–Kier alpha value is -3.37. The van der Waals surface area contributed by atoms with Gasteiger partial charge in [-0.05, 0) is 13.3 Å². The molecule has 0 aliphatic heterocycles. The third-order valence-corrected chi connectivity index (χ3v) is 4.41. The lowest BCUT2D eigenvalue weighted by atomic mass is 10.1. The molecule has 0 aliphatic carbocycles. The van der Waals surface area contributed by atoms with E-state index in [0.29, 0.717) is 5.69 Å². The van der Waals surface area contributed by atoms with Gasteiger partial charge in [-0.25, -0.2) is 9.59 Å². The number of carboxylic acids is 2. The highest BCUT2D eigenvalue weighted by molar-refractivity contribution is 5.78. The molecular weight excluding hydrogens is 346 g/mol. The van der Waals surface area contributed by atoms with Gasteiger partial charge in [0.1, 0.15) is 6.04 Å². The van der Waals surface area contributed by atoms with E-state index in [4.69, 9.17) is 5.11 Å². The molecule has 0 aliphatic rings. The number of carbonyl (C=O) groups is 2. The Bertz CT molecular complexity index is 1180. The van der Waals surface area contributed by atoms with Gasteiger partial charge in [-0.15, -0.1) is 0 Å². The monoisotopic (exact) mass is 363 g/mol. The molecule has 138 valence electrons. The summed E-state index contributed by atoms with van der Waals surface area (Å²) >= 11 is 0. The smallest absolute Gasteiger partial charge is 0.332 e. The average molecular weight is 363 g/mol. The largest absolute Gasteiger partial charge is 0.481 e. The van der Waals surface area contributed by atoms with Gasteiger partial charge in [0.15, 0.2) is 11.2 Å². The highest BCUT2D eigenvalue weighted by atomic mass is 16.4. The van der Waals surface area contributed by atoms with E-state index in [-0.39, 0.29) is 29.8 Å². The fourth-order valence-corrected chi connectivity index (χ4v) is 3.11. The van der Waals surface area contributed by atoms with E-state index in [1.165, 1.54) is 27.6 Å². The number of aliphatic carboxylic acids is 2. The molecule has 0 bridgehead atoms. The van der Waals surface area contributed by atoms with Crippen LogP contribution in [0.25, 0.3) is 16.9 Å². The minimum atomic E-state index is -1.21. The first-order valence-electron chi connectivity index (χ1n) is 7.75. The Morgan fingerprint density at radius 1 is 1.19 bits per heavy atom. The molecule has 3 aromatic rings. The van der Waals surface area contributed by atoms with Crippen LogP contribution in [-0.2, 0) is 23.7 Å². The Morgan fingerprint density at radius 3 is 2.42 bits per heavy atom. The molecule has 0 aromatic carbocycles. The summed E-state index contributed by atoms with van der Waals surface area (Å²) in [5, 5.41) is 18.4. The summed E-state index contributed by atoms with van der Waals surface area (Å²) < 4.78 is 4.96. The molecule has 26 heavy (non-hydrogen) atoms. The number of rotatable bonds is 5. The quantitative estimate of drug-likeness (QED) is 0.621. The summed E-state index contributed by atoms with van der Waals surface area (Å²) in [4.78, 5) is 51.4. The molecule has 0 saturated heterocycles. The van der Waals surface area contributed by atoms with Crippen molar-refractivity contribution in [2.24, 2.45) is 14.1 Å². The van der Waals surface area contributed by atoms with Crippen molar-refractivity contribution >= 4 is 28.9 Å². The van der Waals surface area contributed by atoms with Crippen LogP contribution in [0.5, 0.6) is 0 Å². The van der Waals surface area contributed by atoms with Crippen molar-refractivity contribution in [3.8, 4) is 0 Å². The van der Waals surface area contributed by atoms with Crippen LogP contribution in [0.15, 0.2) is 15.8 Å². The average Bonchev–Trinajstić information content (AvgIpc) is 3.06. The zero-order valence-electron chi connectivity index (χ0n) is 14.3. The minimum absolute atomic E-state index is 0.129. The number of aryl methyl sites for hydroxylation is 2. The summed E-state index contributed by atoms with van der Waals surface area (Å²) in [7, 11) is 2.81. The Morgan fingerprint density at radius 2 is 1.85 bits per heavy atom. The summed E-state index contributed by atoms with van der Waals surface area (Å²) in [6.45, 7) is 1.64. The van der Waals surface area contributed by atoms with Gasteiger partial charge < -0.3 is 10.2 Å². The van der Waals surface area contributed by atoms with E-state index in [1.54, 1.807) is 13.1 Å². The third kappa shape index (κ3) is 2.39. The highest BCUT2D eigenvalue weighted by Gasteiger charge is 2.27. The number of carboxylic acid groups (broad SMARTS) is 2. The molecule has 0 spiro atoms. The normalized spacial score (nSPS) is 12.7. The maximum Gasteiger partial charge on any atom is 0.332 e. The zero-order chi connectivity index (χ0) is 19.3. The van der Waals surface area contributed by atoms with E-state index in [9.17, 15) is 24.3 Å². The number of nitrogens with zero attached hydrogens (tertiary/aromatic N) is 5. The van der Waals surface area contributed by atoms with Crippen molar-refractivity contribution in [3.63, 3.8) is 0 Å². The maximum absolute atomic E-state index is 12.5. The zero-order valence-corrected chi connectivity index (χ0v) is 14.3. The predicted molar refractivity (Wildman–Crippen MR) is 89.4 cm³/mol. The Kier molecular flexibility index (Phi) is 3.93. The molecule has 1 atom stereocenters. The molecule has 3 heterocycles. The van der Waals surface area contributed by atoms with Crippen molar-refractivity contribution in [1.29, 1.82) is 0 Å². The molecule has 0 saturated carbocycles. The SMILES string of the molecule is Cc1cn2c3c(=O)n(C)c(=O)n(C)c3nc2n1[C@@H](CCC(=O)O)C(=O)O. The predicted octanol–water partition coefficient (Wildman–Crippen LogP) is -0.515. The van der Waals surface area contributed by atoms with Crippen LogP contribution in [0.3, 0.4) is 0 Å². The van der Waals surface area contributed by atoms with Crippen molar-refractivity contribution in [2.75, 3.05) is 0 Å². The van der Waals surface area contributed by atoms with Crippen LogP contribution in [0, 0.1) is 6.92 Å². The second kappa shape index (κ2) is 5.86. The molecule has 2 N–H and O–H groups in total. The summed E-state index contributed by atoms with van der Waals surface area (Å²) in [5.74, 6) is -2.16. The first-order valence-corrected chi connectivity index (χ1v) is 7.75. The topological polar surface area (TPSA) is 141 Å². The van der Waals surface area contributed by atoms with Gasteiger partial charge >= 0.3 is 17.6 Å². The van der Waals surface area contributed by atoms with Gasteiger partial charge in [0, 0.05) is 32.4 Å². The van der Waals surface area contributed by atoms with Crippen LogP contribution in [0.4, 0.5) is 0 Å². The number of hydrogen-bond acceptors (Lipinski definition) is 5. The molecule has 0 amide bonds. The van der Waals surface area contributed by atoms with Crippen LogP contribution in [0.2, 0.25) is 0 Å². The van der Waals surface area contributed by atoms with Crippen molar-refractivity contribution in [1.82, 2.24) is 23.1 Å². The molecule has 3 aromatic heterocycles. The number of aromatic nitrogens is 5. The molecule has 11 heteroatoms. The van der Waals surface area contributed by atoms with E-state index in [1.807, 2.05) is 0 Å². The Labute approximate surface area is 145 Å². The van der Waals surface area contributed by atoms with Crippen molar-refractivity contribution in [3.05, 3.63) is 32.7 Å². The molecule has 11 nitrogen and oxygen atoms in total. The van der Waals surface area contributed by atoms with Gasteiger partial charge in [0.2, 0.25) is 5.78 Å². The van der Waals surface area contributed by atoms with Gasteiger partial charge in [-0.1, -0.05) is 0 Å². The van der Waals surface area contributed by atoms with Gasteiger partial charge in [-0.2, -0.15) is 4.98 Å². The fraction of sp³-hybridized carbons (Fsp3) is 0.400. The summed E-state index contributed by atoms with van der Waals surface area (Å²) in [5.41, 5.74) is -0.321. The molecule has 0 fully saturated rings. The van der Waals surface area contributed by atoms with Gasteiger partial charge in [0.25, 0.3) is 5.56 Å². The molecule has 0 radical (unpaired) electrons. The van der Waals surface area contributed by atoms with E-state index in [2.05, 4.69) is 4.98 Å². The number of imidazole rings is 2. The lowest BCUT2D eigenvalue weighted by Crippen LogP contribution is -2.37. The standard InChI is InChI=1S/C15H17N5O6/c1-7-6-19-10-11(17(2)15(26)18(3)12(10)23)16-14(19)20(7)8(13(24)25)4-5-9(21)22/h6,8H,4-5H2,1-3H3,(H,21,22)(H,24,25)/t8-/m0/s1. The lowest BCUT2D eigenvalue weighted by Gasteiger charge is -2.15. The molecule has 0 unspecified atom stereocenters. The Balaban J connectivity index is 2.36. The second-order valence-electron chi connectivity index (χ2n) is 6.09. The van der Waals surface area contributed by atoms with Gasteiger partial charge in [-0.3, -0.25) is 27.7 Å². The van der Waals surface area contributed by atoms with E-state index in [0.717, 1.165) is 4.57 Å². The van der Waals surface area contributed by atoms with E-state index < -0.39 is 29.2 Å². The first-order chi connectivity index (χ1) is 12.1. The van der Waals surface area contributed by atoms with Crippen molar-refractivity contribution in [2.45, 2.75) is 25.8 Å². The summed E-state index contributed by atoms with van der Waals surface area (Å²) in [6, 6.07) is -1.17. The van der Waals surface area contributed by atoms with Crippen LogP contribution < -0.4 is 11.2 Å². The van der Waals surface area contributed by atoms with Crippen LogP contribution in [0.1, 0.15) is 24.6 Å². The van der Waals surface area contributed by atoms with Gasteiger partial charge in [0.05, 0.1) is 0 Å². The maximum atomic E-state index is 12.5.